The van der Waals surface area contributed by atoms with Crippen molar-refractivity contribution in [3.05, 3.63) is 34.9 Å². The topological polar surface area (TPSA) is 95.7 Å². The largest absolute Gasteiger partial charge is 0.328 e. The van der Waals surface area contributed by atoms with Gasteiger partial charge in [0.15, 0.2) is 0 Å². The van der Waals surface area contributed by atoms with Gasteiger partial charge in [-0.15, -0.1) is 0 Å². The number of nitrogens with two attached hydrogens (primary N) is 1. The van der Waals surface area contributed by atoms with E-state index >= 15 is 0 Å². The van der Waals surface area contributed by atoms with Gasteiger partial charge in [-0.05, 0) is 56.3 Å². The number of imide groups is 1. The smallest absolute Gasteiger partial charge is 0.255 e. The molecule has 4 rings (SSSR count). The van der Waals surface area contributed by atoms with Gasteiger partial charge in [-0.2, -0.15) is 0 Å². The number of likely N-dealkylation sites (tertiary alicyclic amines) is 1. The first-order valence-electron chi connectivity index (χ1n) is 10.2. The molecule has 7 nitrogen and oxygen atoms in total. The summed E-state index contributed by atoms with van der Waals surface area (Å²) in [6.07, 6.45) is 2.84. The Balaban J connectivity index is 1.48. The van der Waals surface area contributed by atoms with Crippen LogP contribution in [0.15, 0.2) is 18.2 Å². The zero-order chi connectivity index (χ0) is 19.8. The molecule has 150 valence electrons. The molecule has 0 spiro atoms. The predicted molar refractivity (Wildman–Crippen MR) is 104 cm³/mol. The van der Waals surface area contributed by atoms with Crippen LogP contribution in [-0.4, -0.2) is 52.7 Å². The maximum Gasteiger partial charge on any atom is 0.255 e. The lowest BCUT2D eigenvalue weighted by molar-refractivity contribution is -0.136. The van der Waals surface area contributed by atoms with E-state index in [9.17, 15) is 14.4 Å². The van der Waals surface area contributed by atoms with Crippen LogP contribution >= 0.6 is 0 Å². The summed E-state index contributed by atoms with van der Waals surface area (Å²) < 4.78 is 0. The molecule has 1 aromatic carbocycles. The van der Waals surface area contributed by atoms with E-state index in [2.05, 4.69) is 17.1 Å². The van der Waals surface area contributed by atoms with Gasteiger partial charge in [-0.25, -0.2) is 0 Å². The Morgan fingerprint density at radius 3 is 2.61 bits per heavy atom. The zero-order valence-corrected chi connectivity index (χ0v) is 16.3. The van der Waals surface area contributed by atoms with Crippen molar-refractivity contribution in [2.45, 2.75) is 57.8 Å². The van der Waals surface area contributed by atoms with Crippen molar-refractivity contribution in [1.29, 1.82) is 0 Å². The molecule has 2 saturated heterocycles. The van der Waals surface area contributed by atoms with Crippen molar-refractivity contribution in [2.24, 2.45) is 11.7 Å². The molecular weight excluding hydrogens is 356 g/mol. The van der Waals surface area contributed by atoms with Gasteiger partial charge in [0.05, 0.1) is 0 Å². The Morgan fingerprint density at radius 2 is 1.93 bits per heavy atom. The monoisotopic (exact) mass is 384 g/mol. The van der Waals surface area contributed by atoms with E-state index in [1.807, 2.05) is 18.2 Å². The zero-order valence-electron chi connectivity index (χ0n) is 16.3. The number of fused-ring (bicyclic) bond motifs is 1. The van der Waals surface area contributed by atoms with Gasteiger partial charge >= 0.3 is 0 Å². The Bertz CT molecular complexity index is 799. The van der Waals surface area contributed by atoms with E-state index in [4.69, 9.17) is 5.73 Å². The van der Waals surface area contributed by atoms with Crippen LogP contribution in [0.4, 0.5) is 0 Å². The van der Waals surface area contributed by atoms with E-state index < -0.39 is 6.04 Å². The average Bonchev–Trinajstić information content (AvgIpc) is 3.00. The van der Waals surface area contributed by atoms with Gasteiger partial charge in [0.2, 0.25) is 11.8 Å². The summed E-state index contributed by atoms with van der Waals surface area (Å²) >= 11 is 0. The third kappa shape index (κ3) is 3.56. The van der Waals surface area contributed by atoms with Gasteiger partial charge in [-0.3, -0.25) is 24.6 Å². The van der Waals surface area contributed by atoms with Gasteiger partial charge in [-0.1, -0.05) is 18.2 Å². The Kier molecular flexibility index (Phi) is 5.21. The highest BCUT2D eigenvalue weighted by molar-refractivity contribution is 6.05. The minimum atomic E-state index is -0.563. The quantitative estimate of drug-likeness (QED) is 0.756. The minimum Gasteiger partial charge on any atom is -0.328 e. The second-order valence-electron chi connectivity index (χ2n) is 8.32. The van der Waals surface area contributed by atoms with Crippen molar-refractivity contribution in [3.63, 3.8) is 0 Å². The average molecular weight is 384 g/mol. The lowest BCUT2D eigenvalue weighted by Crippen LogP contribution is -2.52. The maximum absolute atomic E-state index is 13.2. The molecule has 0 aromatic heterocycles. The number of hydrogen-bond donors (Lipinski definition) is 2. The molecule has 3 heterocycles. The van der Waals surface area contributed by atoms with Gasteiger partial charge in [0.25, 0.3) is 5.91 Å². The highest BCUT2D eigenvalue weighted by Gasteiger charge is 2.40. The Labute approximate surface area is 165 Å². The molecule has 28 heavy (non-hydrogen) atoms. The molecule has 0 bridgehead atoms. The van der Waals surface area contributed by atoms with Crippen LogP contribution in [0, 0.1) is 5.92 Å². The molecule has 3 amide bonds. The summed E-state index contributed by atoms with van der Waals surface area (Å²) in [5.74, 6) is -0.147. The van der Waals surface area contributed by atoms with Crippen molar-refractivity contribution < 1.29 is 14.4 Å². The van der Waals surface area contributed by atoms with Crippen LogP contribution in [0.25, 0.3) is 0 Å². The highest BCUT2D eigenvalue weighted by atomic mass is 16.2. The molecule has 0 aliphatic carbocycles. The summed E-state index contributed by atoms with van der Waals surface area (Å²) in [6.45, 7) is 5.22. The standard InChI is InChI=1S/C21H28N4O3/c1-13(22)14-7-9-24(10-8-14)11-15-3-2-4-16-12-25(21(28)19(15)16)17-5-6-18(26)23-20(17)27/h2-4,13-14,17H,5-12,22H2,1H3,(H,23,26,27). The molecule has 3 aliphatic heterocycles. The van der Waals surface area contributed by atoms with Crippen molar-refractivity contribution >= 4 is 17.7 Å². The van der Waals surface area contributed by atoms with Crippen LogP contribution in [0.3, 0.4) is 0 Å². The molecule has 3 aliphatic rings. The Hall–Kier alpha value is -2.25. The fourth-order valence-corrected chi connectivity index (χ4v) is 4.70. The second-order valence-corrected chi connectivity index (χ2v) is 8.32. The van der Waals surface area contributed by atoms with Crippen LogP contribution in [0.1, 0.15) is 54.1 Å². The SMILES string of the molecule is CC(N)C1CCN(Cc2cccc3c2C(=O)N(C2CCC(=O)NC2=O)C3)CC1. The number of carbonyl (C=O) groups excluding carboxylic acids is 3. The third-order valence-corrected chi connectivity index (χ3v) is 6.41. The first-order valence-corrected chi connectivity index (χ1v) is 10.2. The van der Waals surface area contributed by atoms with Crippen LogP contribution < -0.4 is 11.1 Å². The third-order valence-electron chi connectivity index (χ3n) is 6.41. The van der Waals surface area contributed by atoms with E-state index in [0.717, 1.165) is 49.2 Å². The molecule has 1 aromatic rings. The molecular formula is C21H28N4O3. The van der Waals surface area contributed by atoms with E-state index in [-0.39, 0.29) is 30.2 Å². The fourth-order valence-electron chi connectivity index (χ4n) is 4.70. The van der Waals surface area contributed by atoms with Crippen molar-refractivity contribution in [1.82, 2.24) is 15.1 Å². The summed E-state index contributed by atoms with van der Waals surface area (Å²) in [4.78, 5) is 40.8. The fraction of sp³-hybridized carbons (Fsp3) is 0.571. The van der Waals surface area contributed by atoms with E-state index in [0.29, 0.717) is 18.9 Å². The van der Waals surface area contributed by atoms with Gasteiger partial charge < -0.3 is 10.6 Å². The number of rotatable bonds is 4. The van der Waals surface area contributed by atoms with Crippen LogP contribution in [-0.2, 0) is 22.7 Å². The number of carbonyl (C=O) groups is 3. The summed E-state index contributed by atoms with van der Waals surface area (Å²) in [7, 11) is 0. The predicted octanol–water partition coefficient (Wildman–Crippen LogP) is 1.01. The summed E-state index contributed by atoms with van der Waals surface area (Å²) in [5.41, 5.74) is 8.77. The van der Waals surface area contributed by atoms with Crippen LogP contribution in [0.2, 0.25) is 0 Å². The first kappa shape index (κ1) is 19.1. The second kappa shape index (κ2) is 7.64. The molecule has 2 atom stereocenters. The summed E-state index contributed by atoms with van der Waals surface area (Å²) in [6, 6.07) is 5.64. The molecule has 0 saturated carbocycles. The number of hydrogen-bond acceptors (Lipinski definition) is 5. The molecule has 3 N–H and O–H groups in total. The van der Waals surface area contributed by atoms with E-state index in [1.54, 1.807) is 4.90 Å². The van der Waals surface area contributed by atoms with E-state index in [1.165, 1.54) is 0 Å². The van der Waals surface area contributed by atoms with Gasteiger partial charge in [0.1, 0.15) is 6.04 Å². The number of benzene rings is 1. The number of nitrogens with one attached hydrogen (secondary N) is 1. The highest BCUT2D eigenvalue weighted by Crippen LogP contribution is 2.31. The molecule has 0 radical (unpaired) electrons. The van der Waals surface area contributed by atoms with Crippen molar-refractivity contribution in [3.8, 4) is 0 Å². The normalized spacial score (nSPS) is 25.0. The molecule has 2 fully saturated rings. The van der Waals surface area contributed by atoms with Gasteiger partial charge in [0, 0.05) is 31.1 Å². The first-order chi connectivity index (χ1) is 13.4. The lowest BCUT2D eigenvalue weighted by Gasteiger charge is -2.34. The number of amides is 3. The molecule has 2 unspecified atom stereocenters. The number of piperidine rings is 2. The number of nitrogens with zero attached hydrogens (tertiary/aromatic N) is 2. The van der Waals surface area contributed by atoms with Crippen LogP contribution in [0.5, 0.6) is 0 Å². The maximum atomic E-state index is 13.2. The van der Waals surface area contributed by atoms with Crippen molar-refractivity contribution in [2.75, 3.05) is 13.1 Å². The minimum absolute atomic E-state index is 0.0921. The Morgan fingerprint density at radius 1 is 1.18 bits per heavy atom. The molecule has 7 heteroatoms. The summed E-state index contributed by atoms with van der Waals surface area (Å²) in [5, 5.41) is 2.36. The lowest BCUT2D eigenvalue weighted by atomic mass is 9.90.